The monoisotopic (exact) mass is 293 g/mol. The quantitative estimate of drug-likeness (QED) is 0.732. The summed E-state index contributed by atoms with van der Waals surface area (Å²) in [5.41, 5.74) is 7.95. The third-order valence-corrected chi connectivity index (χ3v) is 3.45. The average molecular weight is 294 g/mol. The largest absolute Gasteiger partial charge is 0.437 e. The predicted octanol–water partition coefficient (Wildman–Crippen LogP) is 4.46. The summed E-state index contributed by atoms with van der Waals surface area (Å²) in [6, 6.07) is 7.08. The van der Waals surface area contributed by atoms with E-state index in [2.05, 4.69) is 10.3 Å². The van der Waals surface area contributed by atoms with Crippen LogP contribution in [0.15, 0.2) is 41.1 Å². The Morgan fingerprint density at radius 2 is 2.00 bits per heavy atom. The highest BCUT2D eigenvalue weighted by Crippen LogP contribution is 2.35. The summed E-state index contributed by atoms with van der Waals surface area (Å²) < 4.78 is 5.42. The van der Waals surface area contributed by atoms with Crippen LogP contribution < -0.4 is 11.1 Å². The number of nitrogens with two attached hydrogens (primary N) is 1. The van der Waals surface area contributed by atoms with Crippen molar-refractivity contribution in [1.29, 1.82) is 0 Å². The van der Waals surface area contributed by atoms with Gasteiger partial charge in [0.25, 0.3) is 0 Å². The van der Waals surface area contributed by atoms with Crippen LogP contribution in [0.25, 0.3) is 11.0 Å². The molecule has 6 heteroatoms. The molecule has 4 nitrogen and oxygen atoms in total. The Hall–Kier alpha value is -1.91. The number of hydrogen-bond donors (Lipinski definition) is 2. The second-order valence-corrected chi connectivity index (χ2v) is 4.78. The minimum atomic E-state index is 0.300. The van der Waals surface area contributed by atoms with Crippen molar-refractivity contribution in [3.05, 3.63) is 46.7 Å². The number of nitrogens with one attached hydrogen (secondary N) is 1. The Morgan fingerprint density at radius 3 is 2.79 bits per heavy atom. The highest BCUT2D eigenvalue weighted by molar-refractivity contribution is 6.42. The van der Waals surface area contributed by atoms with Gasteiger partial charge in [-0.3, -0.25) is 4.98 Å². The molecule has 3 aromatic rings. The fourth-order valence-corrected chi connectivity index (χ4v) is 2.12. The topological polar surface area (TPSA) is 64.1 Å². The molecular formula is C13H9Cl2N3O. The van der Waals surface area contributed by atoms with Gasteiger partial charge in [-0.15, -0.1) is 0 Å². The molecule has 1 aromatic carbocycles. The molecule has 96 valence electrons. The van der Waals surface area contributed by atoms with Crippen LogP contribution in [-0.4, -0.2) is 4.98 Å². The first-order chi connectivity index (χ1) is 9.15. The molecule has 0 saturated carbocycles. The summed E-state index contributed by atoms with van der Waals surface area (Å²) in [5, 5.41) is 5.01. The number of pyridine rings is 1. The molecule has 3 rings (SSSR count). The van der Waals surface area contributed by atoms with Crippen molar-refractivity contribution in [2.45, 2.75) is 0 Å². The first-order valence-corrected chi connectivity index (χ1v) is 6.25. The minimum Gasteiger partial charge on any atom is -0.437 e. The van der Waals surface area contributed by atoms with Gasteiger partial charge in [-0.2, -0.15) is 0 Å². The van der Waals surface area contributed by atoms with E-state index in [0.29, 0.717) is 27.2 Å². The molecule has 0 aliphatic heterocycles. The van der Waals surface area contributed by atoms with Crippen LogP contribution in [0, 0.1) is 0 Å². The Balaban J connectivity index is 2.05. The molecule has 19 heavy (non-hydrogen) atoms. The van der Waals surface area contributed by atoms with Gasteiger partial charge in [-0.05, 0) is 24.3 Å². The summed E-state index contributed by atoms with van der Waals surface area (Å²) in [6.07, 6.45) is 3.29. The molecule has 0 fully saturated rings. The predicted molar refractivity (Wildman–Crippen MR) is 78.2 cm³/mol. The van der Waals surface area contributed by atoms with Crippen LogP contribution in [-0.2, 0) is 0 Å². The summed E-state index contributed by atoms with van der Waals surface area (Å²) >= 11 is 11.9. The van der Waals surface area contributed by atoms with E-state index in [1.54, 1.807) is 24.5 Å². The molecule has 0 unspecified atom stereocenters. The highest BCUT2D eigenvalue weighted by atomic mass is 35.5. The summed E-state index contributed by atoms with van der Waals surface area (Å²) in [7, 11) is 0. The fourth-order valence-electron chi connectivity index (χ4n) is 1.82. The average Bonchev–Trinajstić information content (AvgIpc) is 2.71. The maximum atomic E-state index is 5.98. The number of rotatable bonds is 2. The lowest BCUT2D eigenvalue weighted by molar-refractivity contribution is 0.636. The first kappa shape index (κ1) is 12.1. The van der Waals surface area contributed by atoms with Crippen LogP contribution in [0.3, 0.4) is 0 Å². The number of nitrogens with zero attached hydrogens (tertiary/aromatic N) is 1. The van der Waals surface area contributed by atoms with Gasteiger partial charge >= 0.3 is 0 Å². The lowest BCUT2D eigenvalue weighted by Crippen LogP contribution is -1.93. The van der Waals surface area contributed by atoms with Crippen LogP contribution >= 0.6 is 23.2 Å². The Bertz CT molecular complexity index is 755. The van der Waals surface area contributed by atoms with Gasteiger partial charge in [0.15, 0.2) is 5.58 Å². The number of halogens is 2. The van der Waals surface area contributed by atoms with Crippen molar-refractivity contribution in [2.24, 2.45) is 0 Å². The number of furan rings is 1. The third kappa shape index (κ3) is 2.20. The van der Waals surface area contributed by atoms with Crippen molar-refractivity contribution >= 4 is 51.4 Å². The number of nitrogen functional groups attached to an aromatic ring is 1. The van der Waals surface area contributed by atoms with Crippen LogP contribution in [0.4, 0.5) is 17.3 Å². The molecule has 0 amide bonds. The van der Waals surface area contributed by atoms with Crippen molar-refractivity contribution in [1.82, 2.24) is 4.98 Å². The van der Waals surface area contributed by atoms with Gasteiger partial charge in [0.2, 0.25) is 5.88 Å². The molecule has 3 N–H and O–H groups in total. The molecule has 0 spiro atoms. The molecule has 0 atom stereocenters. The van der Waals surface area contributed by atoms with E-state index in [9.17, 15) is 0 Å². The van der Waals surface area contributed by atoms with E-state index in [1.807, 2.05) is 12.1 Å². The Labute approximate surface area is 119 Å². The SMILES string of the molecule is Nc1oc2cnccc2c1Nc1ccc(Cl)c(Cl)c1. The molecular weight excluding hydrogens is 285 g/mol. The molecule has 0 aliphatic rings. The highest BCUT2D eigenvalue weighted by Gasteiger charge is 2.12. The fraction of sp³-hybridized carbons (Fsp3) is 0. The molecule has 0 radical (unpaired) electrons. The van der Waals surface area contributed by atoms with E-state index in [1.165, 1.54) is 0 Å². The van der Waals surface area contributed by atoms with Gasteiger partial charge in [-0.25, -0.2) is 0 Å². The van der Waals surface area contributed by atoms with Gasteiger partial charge < -0.3 is 15.5 Å². The second kappa shape index (κ2) is 4.64. The zero-order valence-electron chi connectivity index (χ0n) is 9.65. The number of benzene rings is 1. The molecule has 0 saturated heterocycles. The van der Waals surface area contributed by atoms with Gasteiger partial charge in [-0.1, -0.05) is 23.2 Å². The lowest BCUT2D eigenvalue weighted by Gasteiger charge is -2.06. The number of hydrogen-bond acceptors (Lipinski definition) is 4. The zero-order chi connectivity index (χ0) is 13.4. The van der Waals surface area contributed by atoms with E-state index >= 15 is 0 Å². The Morgan fingerprint density at radius 1 is 1.16 bits per heavy atom. The van der Waals surface area contributed by atoms with Gasteiger partial charge in [0.1, 0.15) is 5.69 Å². The summed E-state index contributed by atoms with van der Waals surface area (Å²) in [6.45, 7) is 0. The van der Waals surface area contributed by atoms with E-state index < -0.39 is 0 Å². The lowest BCUT2D eigenvalue weighted by atomic mass is 10.2. The third-order valence-electron chi connectivity index (χ3n) is 2.71. The van der Waals surface area contributed by atoms with Crippen molar-refractivity contribution in [3.63, 3.8) is 0 Å². The maximum absolute atomic E-state index is 5.98. The standard InChI is InChI=1S/C13H9Cl2N3O/c14-9-2-1-7(5-10(9)15)18-12-8-3-4-17-6-11(8)19-13(12)16/h1-6,18H,16H2. The van der Waals surface area contributed by atoms with Gasteiger partial charge in [0, 0.05) is 17.3 Å². The van der Waals surface area contributed by atoms with Gasteiger partial charge in [0.05, 0.1) is 16.2 Å². The molecule has 2 heterocycles. The van der Waals surface area contributed by atoms with Crippen molar-refractivity contribution in [2.75, 3.05) is 11.1 Å². The van der Waals surface area contributed by atoms with Crippen molar-refractivity contribution in [3.8, 4) is 0 Å². The van der Waals surface area contributed by atoms with E-state index in [0.717, 1.165) is 11.1 Å². The van der Waals surface area contributed by atoms with Crippen LogP contribution in [0.1, 0.15) is 0 Å². The van der Waals surface area contributed by atoms with E-state index in [-0.39, 0.29) is 0 Å². The number of anilines is 3. The first-order valence-electron chi connectivity index (χ1n) is 5.49. The summed E-state index contributed by atoms with van der Waals surface area (Å²) in [4.78, 5) is 3.98. The van der Waals surface area contributed by atoms with Crippen LogP contribution in [0.2, 0.25) is 10.0 Å². The normalized spacial score (nSPS) is 10.8. The number of aromatic nitrogens is 1. The van der Waals surface area contributed by atoms with Crippen LogP contribution in [0.5, 0.6) is 0 Å². The number of fused-ring (bicyclic) bond motifs is 1. The van der Waals surface area contributed by atoms with E-state index in [4.69, 9.17) is 33.4 Å². The Kier molecular flexibility index (Phi) is 2.97. The molecule has 0 aliphatic carbocycles. The smallest absolute Gasteiger partial charge is 0.215 e. The zero-order valence-corrected chi connectivity index (χ0v) is 11.2. The second-order valence-electron chi connectivity index (χ2n) is 3.97. The minimum absolute atomic E-state index is 0.300. The summed E-state index contributed by atoms with van der Waals surface area (Å²) in [5.74, 6) is 0.300. The maximum Gasteiger partial charge on any atom is 0.215 e. The van der Waals surface area contributed by atoms with Crippen molar-refractivity contribution < 1.29 is 4.42 Å². The molecule has 0 bridgehead atoms. The molecule has 2 aromatic heterocycles.